The van der Waals surface area contributed by atoms with Crippen LogP contribution in [0.3, 0.4) is 0 Å². The minimum atomic E-state index is -0.902. The summed E-state index contributed by atoms with van der Waals surface area (Å²) in [4.78, 5) is 27.0. The zero-order valence-electron chi connectivity index (χ0n) is 12.1. The molecule has 5 nitrogen and oxygen atoms in total. The summed E-state index contributed by atoms with van der Waals surface area (Å²) in [7, 11) is 1.79. The largest absolute Gasteiger partial charge is 0.478 e. The number of hydrogen-bond acceptors (Lipinski definition) is 2. The van der Waals surface area contributed by atoms with Crippen LogP contribution in [0.25, 0.3) is 0 Å². The Bertz CT molecular complexity index is 540. The lowest BCUT2D eigenvalue weighted by molar-refractivity contribution is 0.0695. The number of urea groups is 1. The Morgan fingerprint density at radius 2 is 2.05 bits per heavy atom. The van der Waals surface area contributed by atoms with E-state index >= 15 is 0 Å². The van der Waals surface area contributed by atoms with Crippen molar-refractivity contribution >= 4 is 12.0 Å². The van der Waals surface area contributed by atoms with Crippen LogP contribution in [0, 0.1) is 0 Å². The summed E-state index contributed by atoms with van der Waals surface area (Å²) >= 11 is 0. The summed E-state index contributed by atoms with van der Waals surface area (Å²) in [5.74, 6) is -0.902. The van der Waals surface area contributed by atoms with Crippen LogP contribution in [0.2, 0.25) is 0 Å². The third-order valence-corrected chi connectivity index (χ3v) is 3.84. The Balaban J connectivity index is 2.22. The van der Waals surface area contributed by atoms with Gasteiger partial charge in [-0.15, -0.1) is 0 Å². The van der Waals surface area contributed by atoms with Crippen LogP contribution in [-0.4, -0.2) is 46.5 Å². The molecule has 0 fully saturated rings. The number of nitrogens with zero attached hydrogens (tertiary/aromatic N) is 2. The van der Waals surface area contributed by atoms with Crippen molar-refractivity contribution in [2.24, 2.45) is 0 Å². The molecule has 1 N–H and O–H groups in total. The predicted octanol–water partition coefficient (Wildman–Crippen LogP) is 2.20. The van der Waals surface area contributed by atoms with Crippen LogP contribution < -0.4 is 0 Å². The van der Waals surface area contributed by atoms with E-state index in [9.17, 15) is 14.7 Å². The molecule has 0 spiro atoms. The van der Waals surface area contributed by atoms with E-state index in [4.69, 9.17) is 0 Å². The summed E-state index contributed by atoms with van der Waals surface area (Å²) in [6, 6.07) is 5.40. The van der Waals surface area contributed by atoms with E-state index < -0.39 is 5.97 Å². The molecule has 1 aromatic rings. The summed E-state index contributed by atoms with van der Waals surface area (Å²) < 4.78 is 0. The highest BCUT2D eigenvalue weighted by Crippen LogP contribution is 2.23. The summed E-state index contributed by atoms with van der Waals surface area (Å²) in [6.45, 7) is 4.98. The highest BCUT2D eigenvalue weighted by Gasteiger charge is 2.26. The van der Waals surface area contributed by atoms with Gasteiger partial charge in [-0.3, -0.25) is 0 Å². The van der Waals surface area contributed by atoms with Gasteiger partial charge in [0.2, 0.25) is 0 Å². The first-order valence-electron chi connectivity index (χ1n) is 6.77. The van der Waals surface area contributed by atoms with Crippen molar-refractivity contribution in [1.82, 2.24) is 9.80 Å². The standard InChI is InChI=1S/C15H20N2O3/c1-10(2)16(3)15(20)17-8-7-12-11(9-17)5-4-6-13(12)14(18)19/h4-6,10H,7-9H2,1-3H3,(H,18,19). The van der Waals surface area contributed by atoms with E-state index in [0.717, 1.165) is 11.1 Å². The maximum absolute atomic E-state index is 12.3. The lowest BCUT2D eigenvalue weighted by Crippen LogP contribution is -2.46. The van der Waals surface area contributed by atoms with E-state index in [1.807, 2.05) is 19.9 Å². The van der Waals surface area contributed by atoms with E-state index in [1.165, 1.54) is 0 Å². The summed E-state index contributed by atoms with van der Waals surface area (Å²) in [5, 5.41) is 9.19. The van der Waals surface area contributed by atoms with E-state index in [-0.39, 0.29) is 12.1 Å². The molecule has 0 saturated heterocycles. The van der Waals surface area contributed by atoms with Crippen LogP contribution in [0.4, 0.5) is 4.79 Å². The first-order valence-corrected chi connectivity index (χ1v) is 6.77. The molecule has 2 amide bonds. The van der Waals surface area contributed by atoms with Crippen molar-refractivity contribution in [2.45, 2.75) is 32.9 Å². The molecule has 1 heterocycles. The molecule has 0 atom stereocenters. The van der Waals surface area contributed by atoms with Crippen molar-refractivity contribution in [3.8, 4) is 0 Å². The highest BCUT2D eigenvalue weighted by atomic mass is 16.4. The van der Waals surface area contributed by atoms with Gasteiger partial charge in [-0.2, -0.15) is 0 Å². The Kier molecular flexibility index (Phi) is 3.97. The number of fused-ring (bicyclic) bond motifs is 1. The molecule has 0 saturated carbocycles. The quantitative estimate of drug-likeness (QED) is 0.900. The number of rotatable bonds is 2. The zero-order valence-corrected chi connectivity index (χ0v) is 12.1. The van der Waals surface area contributed by atoms with Crippen LogP contribution in [0.5, 0.6) is 0 Å². The van der Waals surface area contributed by atoms with Crippen molar-refractivity contribution in [3.63, 3.8) is 0 Å². The SMILES string of the molecule is CC(C)N(C)C(=O)N1CCc2c(cccc2C(=O)O)C1. The fourth-order valence-corrected chi connectivity index (χ4v) is 2.42. The second-order valence-corrected chi connectivity index (χ2v) is 5.41. The third-order valence-electron chi connectivity index (χ3n) is 3.84. The number of amides is 2. The molecule has 108 valence electrons. The van der Waals surface area contributed by atoms with Crippen molar-refractivity contribution in [3.05, 3.63) is 34.9 Å². The van der Waals surface area contributed by atoms with Gasteiger partial charge in [0, 0.05) is 26.2 Å². The highest BCUT2D eigenvalue weighted by molar-refractivity contribution is 5.90. The predicted molar refractivity (Wildman–Crippen MR) is 75.8 cm³/mol. The van der Waals surface area contributed by atoms with Crippen LogP contribution in [0.15, 0.2) is 18.2 Å². The number of carbonyl (C=O) groups excluding carboxylic acids is 1. The number of hydrogen-bond donors (Lipinski definition) is 1. The third kappa shape index (κ3) is 2.61. The molecule has 0 unspecified atom stereocenters. The second kappa shape index (κ2) is 5.53. The monoisotopic (exact) mass is 276 g/mol. The van der Waals surface area contributed by atoms with Gasteiger partial charge in [0.1, 0.15) is 0 Å². The van der Waals surface area contributed by atoms with Gasteiger partial charge >= 0.3 is 12.0 Å². The minimum Gasteiger partial charge on any atom is -0.478 e. The molecular weight excluding hydrogens is 256 g/mol. The first kappa shape index (κ1) is 14.4. The second-order valence-electron chi connectivity index (χ2n) is 5.41. The molecule has 0 bridgehead atoms. The Morgan fingerprint density at radius 3 is 2.65 bits per heavy atom. The fourth-order valence-electron chi connectivity index (χ4n) is 2.42. The van der Waals surface area contributed by atoms with E-state index in [0.29, 0.717) is 25.1 Å². The molecule has 0 aliphatic carbocycles. The molecule has 2 rings (SSSR count). The fraction of sp³-hybridized carbons (Fsp3) is 0.467. The lowest BCUT2D eigenvalue weighted by Gasteiger charge is -2.34. The smallest absolute Gasteiger partial charge is 0.335 e. The number of carboxylic acid groups (broad SMARTS) is 1. The van der Waals surface area contributed by atoms with Gasteiger partial charge in [0.15, 0.2) is 0 Å². The van der Waals surface area contributed by atoms with Gasteiger partial charge in [-0.1, -0.05) is 12.1 Å². The Labute approximate surface area is 118 Å². The van der Waals surface area contributed by atoms with Crippen molar-refractivity contribution < 1.29 is 14.7 Å². The Morgan fingerprint density at radius 1 is 1.35 bits per heavy atom. The van der Waals surface area contributed by atoms with Gasteiger partial charge in [-0.05, 0) is 37.5 Å². The molecule has 20 heavy (non-hydrogen) atoms. The lowest BCUT2D eigenvalue weighted by atomic mass is 9.94. The molecule has 0 aromatic heterocycles. The Hall–Kier alpha value is -2.04. The number of benzene rings is 1. The van der Waals surface area contributed by atoms with Crippen molar-refractivity contribution in [1.29, 1.82) is 0 Å². The maximum atomic E-state index is 12.3. The molecule has 1 aliphatic heterocycles. The number of carboxylic acids is 1. The molecule has 1 aromatic carbocycles. The van der Waals surface area contributed by atoms with E-state index in [2.05, 4.69) is 0 Å². The molecule has 0 radical (unpaired) electrons. The number of carbonyl (C=O) groups is 2. The van der Waals surface area contributed by atoms with E-state index in [1.54, 1.807) is 29.0 Å². The van der Waals surface area contributed by atoms with Gasteiger partial charge in [-0.25, -0.2) is 9.59 Å². The zero-order chi connectivity index (χ0) is 14.9. The maximum Gasteiger partial charge on any atom is 0.335 e. The van der Waals surface area contributed by atoms with Crippen molar-refractivity contribution in [2.75, 3.05) is 13.6 Å². The number of aromatic carboxylic acids is 1. The van der Waals surface area contributed by atoms with Gasteiger partial charge in [0.25, 0.3) is 0 Å². The average Bonchev–Trinajstić information content (AvgIpc) is 2.44. The minimum absolute atomic E-state index is 0.00798. The van der Waals surface area contributed by atoms with Crippen LogP contribution in [-0.2, 0) is 13.0 Å². The molecule has 1 aliphatic rings. The summed E-state index contributed by atoms with van der Waals surface area (Å²) in [5.41, 5.74) is 2.14. The topological polar surface area (TPSA) is 60.9 Å². The average molecular weight is 276 g/mol. The molecule has 5 heteroatoms. The summed E-state index contributed by atoms with van der Waals surface area (Å²) in [6.07, 6.45) is 0.593. The molecular formula is C15H20N2O3. The van der Waals surface area contributed by atoms with Gasteiger partial charge in [0.05, 0.1) is 5.56 Å². The van der Waals surface area contributed by atoms with Crippen LogP contribution >= 0.6 is 0 Å². The van der Waals surface area contributed by atoms with Crippen LogP contribution in [0.1, 0.15) is 35.3 Å². The first-order chi connectivity index (χ1) is 9.41. The van der Waals surface area contributed by atoms with Gasteiger partial charge < -0.3 is 14.9 Å². The normalized spacial score (nSPS) is 14.1.